The van der Waals surface area contributed by atoms with Gasteiger partial charge in [-0.2, -0.15) is 0 Å². The summed E-state index contributed by atoms with van der Waals surface area (Å²) in [4.78, 5) is 13.0. The largest absolute Gasteiger partial charge is 0.495 e. The molecule has 0 fully saturated rings. The molecule has 33 heavy (non-hydrogen) atoms. The Morgan fingerprint density at radius 3 is 2.24 bits per heavy atom. The Hall–Kier alpha value is -2.34. The summed E-state index contributed by atoms with van der Waals surface area (Å²) in [6, 6.07) is 7.23. The Morgan fingerprint density at radius 1 is 1.06 bits per heavy atom. The van der Waals surface area contributed by atoms with Gasteiger partial charge in [-0.15, -0.1) is 0 Å². The molecular weight excluding hydrogens is 490 g/mol. The Morgan fingerprint density at radius 2 is 1.70 bits per heavy atom. The van der Waals surface area contributed by atoms with E-state index in [4.69, 9.17) is 16.3 Å². The van der Waals surface area contributed by atoms with E-state index in [2.05, 4.69) is 10.0 Å². The molecule has 2 aromatic carbocycles. The van der Waals surface area contributed by atoms with E-state index >= 15 is 0 Å². The van der Waals surface area contributed by atoms with Gasteiger partial charge in [-0.25, -0.2) is 21.6 Å². The van der Waals surface area contributed by atoms with Crippen molar-refractivity contribution < 1.29 is 26.4 Å². The van der Waals surface area contributed by atoms with Crippen LogP contribution in [-0.2, 0) is 24.8 Å². The number of carbonyl (C=O) groups excluding carboxylic acids is 1. The van der Waals surface area contributed by atoms with E-state index < -0.39 is 32.0 Å². The number of methoxy groups -OCH3 is 1. The highest BCUT2D eigenvalue weighted by Gasteiger charge is 2.31. The monoisotopic (exact) mass is 517 g/mol. The molecule has 1 amide bonds. The molecule has 9 nitrogen and oxygen atoms in total. The van der Waals surface area contributed by atoms with Gasteiger partial charge in [0.15, 0.2) is 0 Å². The fourth-order valence-electron chi connectivity index (χ4n) is 3.17. The zero-order chi connectivity index (χ0) is 25.1. The van der Waals surface area contributed by atoms with E-state index in [1.54, 1.807) is 32.9 Å². The van der Waals surface area contributed by atoms with Crippen LogP contribution in [0.1, 0.15) is 26.3 Å². The number of benzene rings is 2. The highest BCUT2D eigenvalue weighted by Crippen LogP contribution is 2.31. The number of sulfonamides is 2. The number of hydrogen-bond donors (Lipinski definition) is 2. The number of carbonyl (C=O) groups is 1. The van der Waals surface area contributed by atoms with Crippen LogP contribution in [0.15, 0.2) is 41.3 Å². The van der Waals surface area contributed by atoms with Crippen molar-refractivity contribution in [3.63, 3.8) is 0 Å². The molecule has 12 heteroatoms. The average Bonchev–Trinajstić information content (AvgIpc) is 2.68. The first-order chi connectivity index (χ1) is 15.2. The number of halogens is 1. The van der Waals surface area contributed by atoms with Crippen LogP contribution in [-0.4, -0.2) is 48.2 Å². The summed E-state index contributed by atoms with van der Waals surface area (Å²) < 4.78 is 59.0. The van der Waals surface area contributed by atoms with Crippen LogP contribution in [0.25, 0.3) is 0 Å². The van der Waals surface area contributed by atoms with Gasteiger partial charge < -0.3 is 10.1 Å². The lowest BCUT2D eigenvalue weighted by Gasteiger charge is -2.29. The number of ether oxygens (including phenoxy) is 1. The van der Waals surface area contributed by atoms with Gasteiger partial charge in [-0.1, -0.05) is 17.7 Å². The number of amides is 1. The molecule has 2 N–H and O–H groups in total. The van der Waals surface area contributed by atoms with Crippen molar-refractivity contribution in [2.75, 3.05) is 23.0 Å². The van der Waals surface area contributed by atoms with Crippen LogP contribution in [0.5, 0.6) is 5.75 Å². The van der Waals surface area contributed by atoms with Gasteiger partial charge in [0.05, 0.1) is 29.6 Å². The predicted octanol–water partition coefficient (Wildman–Crippen LogP) is 3.14. The Labute approximate surface area is 200 Å². The Balaban J connectivity index is 2.47. The molecule has 0 unspecified atom stereocenters. The highest BCUT2D eigenvalue weighted by molar-refractivity contribution is 7.92. The molecule has 0 aromatic heterocycles. The van der Waals surface area contributed by atoms with Gasteiger partial charge >= 0.3 is 0 Å². The Kier molecular flexibility index (Phi) is 8.39. The standard InChI is InChI=1S/C21H28ClN3O6S2/c1-13(2)24-33(29,30)17-9-10-20(31-5)18(12-17)23-21(26)15(4)25(32(6,27)28)19-11-16(22)8-7-14(19)3/h7-13,15,24H,1-6H3,(H,23,26)/t15-/m1/s1. The van der Waals surface area contributed by atoms with Crippen molar-refractivity contribution in [2.24, 2.45) is 0 Å². The first-order valence-corrected chi connectivity index (χ1v) is 13.6. The zero-order valence-corrected chi connectivity index (χ0v) is 21.6. The maximum atomic E-state index is 13.1. The van der Waals surface area contributed by atoms with Crippen molar-refractivity contribution in [1.29, 1.82) is 0 Å². The predicted molar refractivity (Wildman–Crippen MR) is 130 cm³/mol. The molecule has 0 aliphatic rings. The number of anilines is 2. The quantitative estimate of drug-likeness (QED) is 0.527. The minimum absolute atomic E-state index is 0.0781. The third-order valence-corrected chi connectivity index (χ3v) is 7.75. The second kappa shape index (κ2) is 10.3. The van der Waals surface area contributed by atoms with Crippen LogP contribution < -0.4 is 19.1 Å². The molecule has 0 bridgehead atoms. The van der Waals surface area contributed by atoms with E-state index in [-0.39, 0.29) is 28.1 Å². The SMILES string of the molecule is COc1ccc(S(=O)(=O)NC(C)C)cc1NC(=O)[C@@H](C)N(c1cc(Cl)ccc1C)S(C)(=O)=O. The van der Waals surface area contributed by atoms with Gasteiger partial charge in [-0.05, 0) is 63.6 Å². The number of aryl methyl sites for hydroxylation is 1. The van der Waals surface area contributed by atoms with Crippen LogP contribution in [0.2, 0.25) is 5.02 Å². The minimum Gasteiger partial charge on any atom is -0.495 e. The molecule has 182 valence electrons. The smallest absolute Gasteiger partial charge is 0.248 e. The second-order valence-electron chi connectivity index (χ2n) is 7.79. The maximum Gasteiger partial charge on any atom is 0.248 e. The van der Waals surface area contributed by atoms with Crippen LogP contribution in [0.4, 0.5) is 11.4 Å². The first kappa shape index (κ1) is 26.9. The van der Waals surface area contributed by atoms with Crippen molar-refractivity contribution in [3.8, 4) is 5.75 Å². The molecule has 0 heterocycles. The van der Waals surface area contributed by atoms with E-state index in [1.807, 2.05) is 0 Å². The number of nitrogens with one attached hydrogen (secondary N) is 2. The third kappa shape index (κ3) is 6.59. The summed E-state index contributed by atoms with van der Waals surface area (Å²) >= 11 is 6.06. The van der Waals surface area contributed by atoms with E-state index in [9.17, 15) is 21.6 Å². The van der Waals surface area contributed by atoms with Crippen molar-refractivity contribution in [3.05, 3.63) is 47.0 Å². The number of rotatable bonds is 9. The normalized spacial score (nSPS) is 13.0. The van der Waals surface area contributed by atoms with E-state index in [1.165, 1.54) is 38.3 Å². The topological polar surface area (TPSA) is 122 Å². The summed E-state index contributed by atoms with van der Waals surface area (Å²) in [5, 5.41) is 2.90. The van der Waals surface area contributed by atoms with Gasteiger partial charge in [0, 0.05) is 11.1 Å². The van der Waals surface area contributed by atoms with Crippen molar-refractivity contribution in [2.45, 2.75) is 44.7 Å². The lowest BCUT2D eigenvalue weighted by atomic mass is 10.1. The summed E-state index contributed by atoms with van der Waals surface area (Å²) in [6.45, 7) is 6.49. The summed E-state index contributed by atoms with van der Waals surface area (Å²) in [6.07, 6.45) is 0.989. The van der Waals surface area contributed by atoms with E-state index in [0.717, 1.165) is 10.6 Å². The molecule has 0 aliphatic heterocycles. The molecular formula is C21H28ClN3O6S2. The molecule has 0 aliphatic carbocycles. The van der Waals surface area contributed by atoms with Gasteiger partial charge in [0.1, 0.15) is 11.8 Å². The molecule has 0 saturated carbocycles. The molecule has 0 radical (unpaired) electrons. The molecule has 0 spiro atoms. The Bertz CT molecular complexity index is 1250. The van der Waals surface area contributed by atoms with Crippen molar-refractivity contribution >= 4 is 48.9 Å². The van der Waals surface area contributed by atoms with Gasteiger partial charge in [-0.3, -0.25) is 9.10 Å². The minimum atomic E-state index is -3.88. The fourth-order valence-corrected chi connectivity index (χ4v) is 5.84. The molecule has 2 rings (SSSR count). The van der Waals surface area contributed by atoms with Crippen LogP contribution in [0, 0.1) is 6.92 Å². The third-order valence-electron chi connectivity index (χ3n) is 4.63. The summed E-state index contributed by atoms with van der Waals surface area (Å²) in [5.41, 5.74) is 0.948. The zero-order valence-electron chi connectivity index (χ0n) is 19.2. The molecule has 1 atom stereocenters. The lowest BCUT2D eigenvalue weighted by Crippen LogP contribution is -2.45. The first-order valence-electron chi connectivity index (χ1n) is 9.94. The molecule has 0 saturated heterocycles. The van der Waals surface area contributed by atoms with Gasteiger partial charge in [0.2, 0.25) is 26.0 Å². The van der Waals surface area contributed by atoms with E-state index in [0.29, 0.717) is 10.6 Å². The highest BCUT2D eigenvalue weighted by atomic mass is 35.5. The van der Waals surface area contributed by atoms with Crippen LogP contribution >= 0.6 is 11.6 Å². The maximum absolute atomic E-state index is 13.1. The second-order valence-corrected chi connectivity index (χ2v) is 11.8. The van der Waals surface area contributed by atoms with Crippen molar-refractivity contribution in [1.82, 2.24) is 4.72 Å². The number of nitrogens with zero attached hydrogens (tertiary/aromatic N) is 1. The summed E-state index contributed by atoms with van der Waals surface area (Å²) in [5.74, 6) is -0.478. The molecule has 2 aromatic rings. The lowest BCUT2D eigenvalue weighted by molar-refractivity contribution is -0.116. The average molecular weight is 518 g/mol. The van der Waals surface area contributed by atoms with Crippen LogP contribution in [0.3, 0.4) is 0 Å². The summed E-state index contributed by atoms with van der Waals surface area (Å²) in [7, 11) is -6.34. The number of hydrogen-bond acceptors (Lipinski definition) is 6. The van der Waals surface area contributed by atoms with Gasteiger partial charge in [0.25, 0.3) is 0 Å². The fraction of sp³-hybridized carbons (Fsp3) is 0.381.